The van der Waals surface area contributed by atoms with Crippen molar-refractivity contribution < 1.29 is 21.4 Å². The molecule has 0 unspecified atom stereocenters. The molecule has 38 valence electrons. The molecule has 0 amide bonds. The third-order valence-corrected chi connectivity index (χ3v) is 0.536. The van der Waals surface area contributed by atoms with Crippen molar-refractivity contribution in [3.05, 3.63) is 30.7 Å². The van der Waals surface area contributed by atoms with E-state index < -0.39 is 0 Å². The molecule has 0 aliphatic carbocycles. The minimum atomic E-state index is 0. The van der Waals surface area contributed by atoms with E-state index in [1.807, 2.05) is 18.2 Å². The molecule has 0 aliphatic rings. The second kappa shape index (κ2) is 3.81. The van der Waals surface area contributed by atoms with E-state index in [0.29, 0.717) is 0 Å². The van der Waals surface area contributed by atoms with Gasteiger partial charge in [-0.1, -0.05) is 0 Å². The van der Waals surface area contributed by atoms with Gasteiger partial charge in [0, 0.05) is 12.1 Å². The maximum atomic E-state index is 4.68. The second-order valence-electron chi connectivity index (χ2n) is 0.986. The quantitative estimate of drug-likeness (QED) is 0.424. The molecule has 0 aliphatic heterocycles. The Morgan fingerprint density at radius 1 is 0.857 bits per heavy atom. The minimum absolute atomic E-state index is 0. The Kier molecular flexibility index (Phi) is 3.61. The summed E-state index contributed by atoms with van der Waals surface area (Å²) < 4.78 is 4.68. The van der Waals surface area contributed by atoms with Gasteiger partial charge in [0.2, 0.25) is 0 Å². The van der Waals surface area contributed by atoms with Crippen LogP contribution in [0, 0.1) is 0 Å². The van der Waals surface area contributed by atoms with Crippen molar-refractivity contribution in [2.24, 2.45) is 0 Å². The lowest BCUT2D eigenvalue weighted by atomic mass is 10.6. The summed E-state index contributed by atoms with van der Waals surface area (Å²) in [5.41, 5.74) is 0. The van der Waals surface area contributed by atoms with E-state index in [4.69, 9.17) is 0 Å². The monoisotopic (exact) mass is 160 g/mol. The fourth-order valence-electron chi connectivity index (χ4n) is 0.291. The predicted molar refractivity (Wildman–Crippen MR) is 23.1 cm³/mol. The molecular formula is C5H5BrO. The van der Waals surface area contributed by atoms with Crippen molar-refractivity contribution in [2.45, 2.75) is 0 Å². The van der Waals surface area contributed by atoms with Crippen LogP contribution in [-0.2, 0) is 0 Å². The largest absolute Gasteiger partial charge is 1.00 e. The zero-order valence-electron chi connectivity index (χ0n) is 3.67. The molecule has 0 bridgehead atoms. The van der Waals surface area contributed by atoms with Crippen LogP contribution >= 0.6 is 0 Å². The van der Waals surface area contributed by atoms with E-state index in [0.717, 1.165) is 0 Å². The van der Waals surface area contributed by atoms with Crippen molar-refractivity contribution >= 4 is 0 Å². The topological polar surface area (TPSA) is 11.3 Å². The molecule has 0 N–H and O–H groups in total. The molecular weight excluding hydrogens is 156 g/mol. The van der Waals surface area contributed by atoms with Crippen LogP contribution < -0.4 is 17.0 Å². The van der Waals surface area contributed by atoms with Crippen LogP contribution in [0.4, 0.5) is 0 Å². The third kappa shape index (κ3) is 2.34. The van der Waals surface area contributed by atoms with E-state index in [1.165, 1.54) is 0 Å². The SMILES string of the molecule is [Br-].c1cc[o+]cc1. The first kappa shape index (κ1) is 6.63. The summed E-state index contributed by atoms with van der Waals surface area (Å²) in [4.78, 5) is 0. The highest BCUT2D eigenvalue weighted by molar-refractivity contribution is 4.84. The summed E-state index contributed by atoms with van der Waals surface area (Å²) in [5, 5.41) is 0. The van der Waals surface area contributed by atoms with Crippen LogP contribution in [0.1, 0.15) is 0 Å². The maximum absolute atomic E-state index is 4.68. The molecule has 0 saturated carbocycles. The van der Waals surface area contributed by atoms with E-state index in [9.17, 15) is 0 Å². The van der Waals surface area contributed by atoms with Gasteiger partial charge in [-0.05, 0) is 6.07 Å². The van der Waals surface area contributed by atoms with Crippen molar-refractivity contribution in [1.29, 1.82) is 0 Å². The van der Waals surface area contributed by atoms with Crippen molar-refractivity contribution in [3.8, 4) is 0 Å². The van der Waals surface area contributed by atoms with Crippen molar-refractivity contribution in [2.75, 3.05) is 0 Å². The summed E-state index contributed by atoms with van der Waals surface area (Å²) in [6, 6.07) is 5.57. The first-order chi connectivity index (χ1) is 3.00. The van der Waals surface area contributed by atoms with E-state index >= 15 is 0 Å². The molecule has 0 radical (unpaired) electrons. The van der Waals surface area contributed by atoms with Crippen LogP contribution in [0.2, 0.25) is 0 Å². The van der Waals surface area contributed by atoms with Gasteiger partial charge in [-0.2, -0.15) is 0 Å². The van der Waals surface area contributed by atoms with Gasteiger partial charge in [0.15, 0.2) is 0 Å². The number of hydrogen-bond donors (Lipinski definition) is 0. The standard InChI is InChI=1S/C5H5O.BrH/c1-2-4-6-5-3-1;/h1-5H;1H/q+1;/p-1. The lowest BCUT2D eigenvalue weighted by Crippen LogP contribution is -3.00. The highest BCUT2D eigenvalue weighted by atomic mass is 79.9. The van der Waals surface area contributed by atoms with Gasteiger partial charge < -0.3 is 17.0 Å². The van der Waals surface area contributed by atoms with Crippen molar-refractivity contribution in [1.82, 2.24) is 0 Å². The Bertz CT molecular complexity index is 80.0. The molecule has 0 spiro atoms. The number of halogens is 1. The predicted octanol–water partition coefficient (Wildman–Crippen LogP) is -1.44. The lowest BCUT2D eigenvalue weighted by Gasteiger charge is -1.57. The third-order valence-electron chi connectivity index (χ3n) is 0.536. The van der Waals surface area contributed by atoms with Crippen LogP contribution in [0.15, 0.2) is 35.1 Å². The highest BCUT2D eigenvalue weighted by Gasteiger charge is 1.72. The van der Waals surface area contributed by atoms with Crippen LogP contribution in [0.5, 0.6) is 0 Å². The molecule has 0 aromatic carbocycles. The van der Waals surface area contributed by atoms with Gasteiger partial charge in [-0.15, -0.1) is 0 Å². The zero-order chi connectivity index (χ0) is 4.24. The summed E-state index contributed by atoms with van der Waals surface area (Å²) in [6.45, 7) is 0. The summed E-state index contributed by atoms with van der Waals surface area (Å²) >= 11 is 0. The zero-order valence-corrected chi connectivity index (χ0v) is 5.26. The summed E-state index contributed by atoms with van der Waals surface area (Å²) in [7, 11) is 0. The smallest absolute Gasteiger partial charge is 0.317 e. The fourth-order valence-corrected chi connectivity index (χ4v) is 0.291. The average molecular weight is 161 g/mol. The molecule has 0 saturated heterocycles. The maximum Gasteiger partial charge on any atom is 0.317 e. The Morgan fingerprint density at radius 3 is 1.57 bits per heavy atom. The Labute approximate surface area is 52.7 Å². The first-order valence-corrected chi connectivity index (χ1v) is 1.80. The van der Waals surface area contributed by atoms with Gasteiger partial charge in [0.05, 0.1) is 0 Å². The van der Waals surface area contributed by atoms with Crippen molar-refractivity contribution in [3.63, 3.8) is 0 Å². The van der Waals surface area contributed by atoms with Gasteiger partial charge in [0.25, 0.3) is 0 Å². The molecule has 1 rings (SSSR count). The Balaban J connectivity index is 0.000000360. The number of rotatable bonds is 0. The number of hydrogen-bond acceptors (Lipinski definition) is 0. The summed E-state index contributed by atoms with van der Waals surface area (Å²) in [6.07, 6.45) is 3.25. The minimum Gasteiger partial charge on any atom is -1.00 e. The molecule has 1 aromatic rings. The van der Waals surface area contributed by atoms with Gasteiger partial charge in [-0.3, -0.25) is 0 Å². The Hall–Kier alpha value is -0.370. The fraction of sp³-hybridized carbons (Fsp3) is 0. The highest BCUT2D eigenvalue weighted by Crippen LogP contribution is 1.79. The van der Waals surface area contributed by atoms with Crippen LogP contribution in [-0.4, -0.2) is 0 Å². The molecule has 0 fully saturated rings. The van der Waals surface area contributed by atoms with Crippen LogP contribution in [0.25, 0.3) is 0 Å². The first-order valence-electron chi connectivity index (χ1n) is 1.80. The van der Waals surface area contributed by atoms with E-state index in [2.05, 4.69) is 4.42 Å². The van der Waals surface area contributed by atoms with Crippen LogP contribution in [0.3, 0.4) is 0 Å². The van der Waals surface area contributed by atoms with E-state index in [-0.39, 0.29) is 17.0 Å². The molecule has 1 aromatic heterocycles. The summed E-state index contributed by atoms with van der Waals surface area (Å²) in [5.74, 6) is 0. The van der Waals surface area contributed by atoms with E-state index in [1.54, 1.807) is 12.5 Å². The Morgan fingerprint density at radius 2 is 1.43 bits per heavy atom. The van der Waals surface area contributed by atoms with Gasteiger partial charge in [-0.25, -0.2) is 4.42 Å². The normalized spacial score (nSPS) is 6.86. The molecule has 0 atom stereocenters. The molecule has 7 heavy (non-hydrogen) atoms. The molecule has 1 heterocycles. The second-order valence-corrected chi connectivity index (χ2v) is 0.986. The van der Waals surface area contributed by atoms with Gasteiger partial charge >= 0.3 is 12.5 Å². The van der Waals surface area contributed by atoms with Gasteiger partial charge in [0.1, 0.15) is 0 Å². The lowest BCUT2D eigenvalue weighted by molar-refractivity contribution is -0.00000161. The molecule has 2 heteroatoms. The average Bonchev–Trinajstić information content (AvgIpc) is 1.72. The molecule has 1 nitrogen and oxygen atoms in total.